The monoisotopic (exact) mass is 414 g/mol. The van der Waals surface area contributed by atoms with Gasteiger partial charge in [0, 0.05) is 0 Å². The third-order valence-electron chi connectivity index (χ3n) is 5.02. The number of aliphatic hydroxyl groups excluding tert-OH is 1. The van der Waals surface area contributed by atoms with Crippen molar-refractivity contribution in [2.24, 2.45) is 0 Å². The third-order valence-corrected chi connectivity index (χ3v) is 5.02. The van der Waals surface area contributed by atoms with Crippen LogP contribution in [0, 0.1) is 0 Å². The zero-order chi connectivity index (χ0) is 21.3. The molecular weight excluding hydrogens is 384 g/mol. The van der Waals surface area contributed by atoms with Gasteiger partial charge in [-0.2, -0.15) is 0 Å². The summed E-state index contributed by atoms with van der Waals surface area (Å²) < 4.78 is 28.9. The minimum absolute atomic E-state index is 0.273. The van der Waals surface area contributed by atoms with Crippen molar-refractivity contribution in [2.45, 2.75) is 50.8 Å². The van der Waals surface area contributed by atoms with Crippen LogP contribution in [0.2, 0.25) is 0 Å². The maximum Gasteiger partial charge on any atom is 0.186 e. The first-order valence-corrected chi connectivity index (χ1v) is 10.1. The van der Waals surface area contributed by atoms with Crippen LogP contribution in [0.3, 0.4) is 0 Å². The van der Waals surface area contributed by atoms with Gasteiger partial charge in [-0.3, -0.25) is 0 Å². The van der Waals surface area contributed by atoms with Gasteiger partial charge in [0.2, 0.25) is 0 Å². The fourth-order valence-corrected chi connectivity index (χ4v) is 3.39. The van der Waals surface area contributed by atoms with Crippen molar-refractivity contribution in [3.8, 4) is 5.75 Å². The number of hydrogen-bond acceptors (Lipinski definition) is 6. The van der Waals surface area contributed by atoms with E-state index in [1.807, 2.05) is 61.5 Å². The van der Waals surface area contributed by atoms with E-state index in [4.69, 9.17) is 23.7 Å². The molecule has 6 heteroatoms. The summed E-state index contributed by atoms with van der Waals surface area (Å²) in [7, 11) is 1.63. The number of hydrogen-bond donors (Lipinski definition) is 1. The van der Waals surface area contributed by atoms with Crippen LogP contribution in [0.5, 0.6) is 5.75 Å². The molecule has 1 fully saturated rings. The maximum atomic E-state index is 10.9. The Balaban J connectivity index is 1.70. The van der Waals surface area contributed by atoms with Gasteiger partial charge in [0.1, 0.15) is 24.1 Å². The van der Waals surface area contributed by atoms with Crippen LogP contribution in [0.1, 0.15) is 18.1 Å². The second kappa shape index (κ2) is 11.2. The van der Waals surface area contributed by atoms with Gasteiger partial charge >= 0.3 is 0 Å². The lowest BCUT2D eigenvalue weighted by Gasteiger charge is -2.43. The highest BCUT2D eigenvalue weighted by Crippen LogP contribution is 2.28. The maximum absolute atomic E-state index is 10.9. The average molecular weight is 414 g/mol. The van der Waals surface area contributed by atoms with Crippen LogP contribution in [0.25, 0.3) is 0 Å². The highest BCUT2D eigenvalue weighted by molar-refractivity contribution is 5.26. The van der Waals surface area contributed by atoms with E-state index in [0.717, 1.165) is 16.9 Å². The summed E-state index contributed by atoms with van der Waals surface area (Å²) in [5, 5.41) is 10.9. The molecule has 6 nitrogen and oxygen atoms in total. The molecule has 0 unspecified atom stereocenters. The van der Waals surface area contributed by atoms with Gasteiger partial charge in [0.15, 0.2) is 6.29 Å². The van der Waals surface area contributed by atoms with Crippen LogP contribution < -0.4 is 4.74 Å². The SMILES string of the molecule is C=CCO[C@@H]1O[C@@H](C)[C@H](OCc2ccccc2)[C@@H](OCc2ccc(OC)cc2)[C@H]1O. The van der Waals surface area contributed by atoms with Gasteiger partial charge < -0.3 is 28.8 Å². The summed E-state index contributed by atoms with van der Waals surface area (Å²) in [6.07, 6.45) is -1.59. The molecule has 0 spiro atoms. The minimum Gasteiger partial charge on any atom is -0.497 e. The largest absolute Gasteiger partial charge is 0.497 e. The van der Waals surface area contributed by atoms with Gasteiger partial charge in [0.25, 0.3) is 0 Å². The van der Waals surface area contributed by atoms with E-state index in [1.54, 1.807) is 13.2 Å². The molecule has 30 heavy (non-hydrogen) atoms. The van der Waals surface area contributed by atoms with E-state index < -0.39 is 24.6 Å². The van der Waals surface area contributed by atoms with Crippen LogP contribution in [-0.2, 0) is 32.2 Å². The molecule has 1 aliphatic heterocycles. The Morgan fingerprint density at radius 3 is 2.20 bits per heavy atom. The van der Waals surface area contributed by atoms with Crippen molar-refractivity contribution in [1.82, 2.24) is 0 Å². The van der Waals surface area contributed by atoms with Gasteiger partial charge in [-0.15, -0.1) is 6.58 Å². The molecule has 1 heterocycles. The van der Waals surface area contributed by atoms with Crippen molar-refractivity contribution in [3.63, 3.8) is 0 Å². The lowest BCUT2D eigenvalue weighted by molar-refractivity contribution is -0.307. The molecule has 0 radical (unpaired) electrons. The summed E-state index contributed by atoms with van der Waals surface area (Å²) in [6, 6.07) is 17.5. The minimum atomic E-state index is -1.000. The van der Waals surface area contributed by atoms with Crippen molar-refractivity contribution in [3.05, 3.63) is 78.4 Å². The lowest BCUT2D eigenvalue weighted by atomic mass is 9.99. The fraction of sp³-hybridized carbons (Fsp3) is 0.417. The molecule has 0 saturated carbocycles. The number of rotatable bonds is 10. The molecular formula is C24H30O6. The molecule has 162 valence electrons. The molecule has 2 aromatic carbocycles. The summed E-state index contributed by atoms with van der Waals surface area (Å²) in [5.41, 5.74) is 2.01. The van der Waals surface area contributed by atoms with Crippen LogP contribution in [-0.4, -0.2) is 49.5 Å². The molecule has 0 amide bonds. The molecule has 1 N–H and O–H groups in total. The van der Waals surface area contributed by atoms with E-state index in [0.29, 0.717) is 13.2 Å². The van der Waals surface area contributed by atoms with E-state index in [1.165, 1.54) is 0 Å². The van der Waals surface area contributed by atoms with Crippen molar-refractivity contribution < 1.29 is 28.8 Å². The summed E-state index contributed by atoms with van der Waals surface area (Å²) in [4.78, 5) is 0. The Labute approximate surface area is 178 Å². The first-order valence-electron chi connectivity index (χ1n) is 10.1. The van der Waals surface area contributed by atoms with Gasteiger partial charge in [-0.25, -0.2) is 0 Å². The van der Waals surface area contributed by atoms with Crippen molar-refractivity contribution in [2.75, 3.05) is 13.7 Å². The van der Waals surface area contributed by atoms with Crippen LogP contribution in [0.4, 0.5) is 0 Å². The summed E-state index contributed by atoms with van der Waals surface area (Å²) in [5.74, 6) is 0.778. The predicted molar refractivity (Wildman–Crippen MR) is 113 cm³/mol. The molecule has 1 aliphatic rings. The van der Waals surface area contributed by atoms with E-state index >= 15 is 0 Å². The van der Waals surface area contributed by atoms with E-state index in [-0.39, 0.29) is 12.7 Å². The molecule has 2 aromatic rings. The molecule has 1 saturated heterocycles. The van der Waals surface area contributed by atoms with E-state index in [9.17, 15) is 5.11 Å². The zero-order valence-electron chi connectivity index (χ0n) is 17.5. The Hall–Kier alpha value is -2.22. The third kappa shape index (κ3) is 5.90. The highest BCUT2D eigenvalue weighted by atomic mass is 16.7. The normalized spacial score (nSPS) is 26.3. The van der Waals surface area contributed by atoms with Gasteiger partial charge in [0.05, 0.1) is 33.0 Å². The molecule has 5 atom stereocenters. The Bertz CT molecular complexity index is 763. The first-order chi connectivity index (χ1) is 14.6. The molecule has 0 aromatic heterocycles. The predicted octanol–water partition coefficient (Wildman–Crippen LogP) is 3.47. The van der Waals surface area contributed by atoms with E-state index in [2.05, 4.69) is 6.58 Å². The lowest BCUT2D eigenvalue weighted by Crippen LogP contribution is -2.59. The topological polar surface area (TPSA) is 66.4 Å². The number of benzene rings is 2. The molecule has 0 aliphatic carbocycles. The van der Waals surface area contributed by atoms with Gasteiger partial charge in [-0.1, -0.05) is 48.5 Å². The second-order valence-electron chi connectivity index (χ2n) is 7.21. The number of methoxy groups -OCH3 is 1. The smallest absolute Gasteiger partial charge is 0.186 e. The Morgan fingerprint density at radius 1 is 0.933 bits per heavy atom. The fourth-order valence-electron chi connectivity index (χ4n) is 3.39. The van der Waals surface area contributed by atoms with Crippen molar-refractivity contribution >= 4 is 0 Å². The Kier molecular flexibility index (Phi) is 8.42. The quantitative estimate of drug-likeness (QED) is 0.601. The molecule has 3 rings (SSSR count). The Morgan fingerprint density at radius 2 is 1.57 bits per heavy atom. The molecule has 0 bridgehead atoms. The number of aliphatic hydroxyl groups is 1. The first kappa shape index (κ1) is 22.5. The second-order valence-corrected chi connectivity index (χ2v) is 7.21. The van der Waals surface area contributed by atoms with Gasteiger partial charge in [-0.05, 0) is 30.2 Å². The van der Waals surface area contributed by atoms with Crippen molar-refractivity contribution in [1.29, 1.82) is 0 Å². The van der Waals surface area contributed by atoms with Crippen LogP contribution >= 0.6 is 0 Å². The standard InChI is InChI=1S/C24H30O6/c1-4-14-27-24-21(25)23(29-16-19-10-12-20(26-3)13-11-19)22(17(2)30-24)28-15-18-8-6-5-7-9-18/h4-13,17,21-25H,1,14-16H2,2-3H3/t17-,21+,22-,23-,24+/m0/s1. The summed E-state index contributed by atoms with van der Waals surface area (Å²) in [6.45, 7) is 6.53. The summed E-state index contributed by atoms with van der Waals surface area (Å²) >= 11 is 0. The average Bonchev–Trinajstić information content (AvgIpc) is 2.78. The van der Waals surface area contributed by atoms with Crippen LogP contribution in [0.15, 0.2) is 67.3 Å². The highest BCUT2D eigenvalue weighted by Gasteiger charge is 2.45. The number of ether oxygens (including phenoxy) is 5. The zero-order valence-corrected chi connectivity index (χ0v) is 17.5.